The molecule has 4 nitrogen and oxygen atoms in total. The second-order valence-electron chi connectivity index (χ2n) is 4.95. The summed E-state index contributed by atoms with van der Waals surface area (Å²) in [4.78, 5) is 20.2. The van der Waals surface area contributed by atoms with Crippen LogP contribution in [0.5, 0.6) is 0 Å². The lowest BCUT2D eigenvalue weighted by atomic mass is 9.80. The monoisotopic (exact) mass is 270 g/mol. The summed E-state index contributed by atoms with van der Waals surface area (Å²) in [5, 5.41) is 9.58. The fraction of sp³-hybridized carbons (Fsp3) is 0.312. The number of aromatic nitrogens is 2. The van der Waals surface area contributed by atoms with E-state index in [1.807, 2.05) is 50.2 Å². The molecule has 20 heavy (non-hydrogen) atoms. The van der Waals surface area contributed by atoms with Gasteiger partial charge < -0.3 is 5.11 Å². The van der Waals surface area contributed by atoms with E-state index >= 15 is 0 Å². The zero-order valence-electron chi connectivity index (χ0n) is 11.6. The van der Waals surface area contributed by atoms with E-state index in [0.29, 0.717) is 0 Å². The topological polar surface area (TPSA) is 63.1 Å². The Labute approximate surface area is 118 Å². The first kappa shape index (κ1) is 14.2. The molecular formula is C16H18N2O2. The van der Waals surface area contributed by atoms with Crippen molar-refractivity contribution < 1.29 is 9.90 Å². The van der Waals surface area contributed by atoms with Crippen molar-refractivity contribution in [2.45, 2.75) is 25.7 Å². The smallest absolute Gasteiger partial charge is 0.307 e. The lowest BCUT2D eigenvalue weighted by Gasteiger charge is -2.25. The van der Waals surface area contributed by atoms with E-state index in [1.54, 1.807) is 12.4 Å². The molecule has 2 unspecified atom stereocenters. The van der Waals surface area contributed by atoms with Gasteiger partial charge in [0.2, 0.25) is 0 Å². The highest BCUT2D eigenvalue weighted by atomic mass is 16.4. The number of rotatable bonds is 5. The maximum Gasteiger partial charge on any atom is 0.307 e. The summed E-state index contributed by atoms with van der Waals surface area (Å²) in [7, 11) is 0. The van der Waals surface area contributed by atoms with Gasteiger partial charge in [-0.1, -0.05) is 26.0 Å². The molecule has 104 valence electrons. The molecule has 0 aliphatic heterocycles. The fourth-order valence-electron chi connectivity index (χ4n) is 2.52. The second kappa shape index (κ2) is 6.28. The summed E-state index contributed by atoms with van der Waals surface area (Å²) in [5.74, 6) is -1.72. The normalized spacial score (nSPS) is 15.3. The highest BCUT2D eigenvalue weighted by Crippen LogP contribution is 2.34. The Morgan fingerprint density at radius 2 is 1.40 bits per heavy atom. The van der Waals surface area contributed by atoms with Crippen molar-refractivity contribution in [2.75, 3.05) is 0 Å². The van der Waals surface area contributed by atoms with Crippen molar-refractivity contribution in [3.05, 3.63) is 60.2 Å². The van der Waals surface area contributed by atoms with E-state index in [4.69, 9.17) is 0 Å². The molecule has 0 spiro atoms. The molecule has 0 radical (unpaired) electrons. The van der Waals surface area contributed by atoms with Gasteiger partial charge in [-0.25, -0.2) is 0 Å². The van der Waals surface area contributed by atoms with Crippen molar-refractivity contribution in [2.24, 2.45) is 5.92 Å². The van der Waals surface area contributed by atoms with Crippen molar-refractivity contribution in [3.8, 4) is 0 Å². The summed E-state index contributed by atoms with van der Waals surface area (Å²) in [6.45, 7) is 3.81. The first-order chi connectivity index (χ1) is 9.61. The Morgan fingerprint density at radius 3 is 1.70 bits per heavy atom. The summed E-state index contributed by atoms with van der Waals surface area (Å²) in [5.41, 5.74) is 1.59. The largest absolute Gasteiger partial charge is 0.481 e. The van der Waals surface area contributed by atoms with E-state index in [2.05, 4.69) is 9.97 Å². The van der Waals surface area contributed by atoms with E-state index in [1.165, 1.54) is 0 Å². The van der Waals surface area contributed by atoms with Gasteiger partial charge in [-0.2, -0.15) is 0 Å². The lowest BCUT2D eigenvalue weighted by molar-refractivity contribution is -0.143. The maximum atomic E-state index is 11.7. The molecule has 0 aliphatic carbocycles. The molecule has 2 aromatic heterocycles. The van der Waals surface area contributed by atoms with Gasteiger partial charge in [0.15, 0.2) is 0 Å². The minimum atomic E-state index is -0.818. The van der Waals surface area contributed by atoms with Gasteiger partial charge in [0.1, 0.15) is 0 Å². The summed E-state index contributed by atoms with van der Waals surface area (Å²) in [6.07, 6.45) is 3.38. The van der Waals surface area contributed by atoms with Crippen LogP contribution in [-0.2, 0) is 4.79 Å². The summed E-state index contributed by atoms with van der Waals surface area (Å²) < 4.78 is 0. The lowest BCUT2D eigenvalue weighted by Crippen LogP contribution is -2.26. The second-order valence-corrected chi connectivity index (χ2v) is 4.95. The minimum Gasteiger partial charge on any atom is -0.481 e. The third kappa shape index (κ3) is 3.02. The number of carbonyl (C=O) groups is 1. The van der Waals surface area contributed by atoms with Crippen LogP contribution in [-0.4, -0.2) is 21.0 Å². The number of aliphatic carboxylic acids is 1. The number of carboxylic acid groups (broad SMARTS) is 1. The van der Waals surface area contributed by atoms with E-state index in [9.17, 15) is 9.90 Å². The minimum absolute atomic E-state index is 0.175. The number of hydrogen-bond donors (Lipinski definition) is 1. The molecule has 0 aromatic carbocycles. The van der Waals surface area contributed by atoms with Crippen LogP contribution in [0.2, 0.25) is 0 Å². The van der Waals surface area contributed by atoms with Crippen LogP contribution in [0.1, 0.15) is 37.1 Å². The van der Waals surface area contributed by atoms with Gasteiger partial charge in [-0.05, 0) is 24.3 Å². The molecular weight excluding hydrogens is 252 g/mol. The Morgan fingerprint density at radius 1 is 0.950 bits per heavy atom. The average Bonchev–Trinajstić information content (AvgIpc) is 2.48. The Bertz CT molecular complexity index is 512. The zero-order valence-corrected chi connectivity index (χ0v) is 11.6. The number of carboxylic acids is 1. The third-order valence-electron chi connectivity index (χ3n) is 3.67. The first-order valence-electron chi connectivity index (χ1n) is 6.66. The van der Waals surface area contributed by atoms with Crippen LogP contribution in [0, 0.1) is 5.92 Å². The number of hydrogen-bond acceptors (Lipinski definition) is 3. The van der Waals surface area contributed by atoms with E-state index in [0.717, 1.165) is 11.4 Å². The van der Waals surface area contributed by atoms with Gasteiger partial charge in [-0.15, -0.1) is 0 Å². The zero-order chi connectivity index (χ0) is 14.5. The van der Waals surface area contributed by atoms with Crippen molar-refractivity contribution in [1.29, 1.82) is 0 Å². The average molecular weight is 270 g/mol. The molecule has 0 fully saturated rings. The molecule has 1 N–H and O–H groups in total. The molecule has 4 heteroatoms. The molecule has 0 saturated heterocycles. The highest BCUT2D eigenvalue weighted by Gasteiger charge is 2.33. The Hall–Kier alpha value is -2.23. The molecule has 2 rings (SSSR count). The first-order valence-corrected chi connectivity index (χ1v) is 6.66. The van der Waals surface area contributed by atoms with Gasteiger partial charge in [0.05, 0.1) is 5.92 Å². The third-order valence-corrected chi connectivity index (χ3v) is 3.67. The summed E-state index contributed by atoms with van der Waals surface area (Å²) >= 11 is 0. The van der Waals surface area contributed by atoms with Crippen LogP contribution in [0.3, 0.4) is 0 Å². The molecule has 0 saturated carbocycles. The van der Waals surface area contributed by atoms with Gasteiger partial charge in [0, 0.05) is 35.6 Å². The molecule has 0 bridgehead atoms. The highest BCUT2D eigenvalue weighted by molar-refractivity contribution is 5.72. The predicted molar refractivity (Wildman–Crippen MR) is 76.4 cm³/mol. The molecule has 0 aliphatic rings. The Kier molecular flexibility index (Phi) is 4.45. The van der Waals surface area contributed by atoms with Crippen molar-refractivity contribution in [1.82, 2.24) is 9.97 Å². The van der Waals surface area contributed by atoms with Gasteiger partial charge in [0.25, 0.3) is 0 Å². The van der Waals surface area contributed by atoms with Gasteiger partial charge in [-0.3, -0.25) is 14.8 Å². The SMILES string of the molecule is CC(c1ccccn1)C(C(=O)O)C(C)c1ccccn1. The molecule has 2 atom stereocenters. The van der Waals surface area contributed by atoms with Crippen molar-refractivity contribution in [3.63, 3.8) is 0 Å². The molecule has 2 heterocycles. The molecule has 0 amide bonds. The van der Waals surface area contributed by atoms with Crippen LogP contribution in [0.4, 0.5) is 0 Å². The Balaban J connectivity index is 2.30. The van der Waals surface area contributed by atoms with Crippen molar-refractivity contribution >= 4 is 5.97 Å². The van der Waals surface area contributed by atoms with Gasteiger partial charge >= 0.3 is 5.97 Å². The summed E-state index contributed by atoms with van der Waals surface area (Å²) in [6, 6.07) is 11.1. The maximum absolute atomic E-state index is 11.7. The molecule has 2 aromatic rings. The van der Waals surface area contributed by atoms with E-state index in [-0.39, 0.29) is 11.8 Å². The van der Waals surface area contributed by atoms with Crippen LogP contribution in [0.15, 0.2) is 48.8 Å². The predicted octanol–water partition coefficient (Wildman–Crippen LogP) is 3.08. The van der Waals surface area contributed by atoms with Crippen LogP contribution < -0.4 is 0 Å². The van der Waals surface area contributed by atoms with Crippen LogP contribution in [0.25, 0.3) is 0 Å². The van der Waals surface area contributed by atoms with E-state index < -0.39 is 11.9 Å². The number of pyridine rings is 2. The van der Waals surface area contributed by atoms with Crippen LogP contribution >= 0.6 is 0 Å². The number of nitrogens with zero attached hydrogens (tertiary/aromatic N) is 2. The fourth-order valence-corrected chi connectivity index (χ4v) is 2.52. The quantitative estimate of drug-likeness (QED) is 0.906. The standard InChI is InChI=1S/C16H18N2O2/c1-11(13-7-3-5-9-17-13)15(16(19)20)12(2)14-8-4-6-10-18-14/h3-12,15H,1-2H3,(H,19,20).